The lowest BCUT2D eigenvalue weighted by molar-refractivity contribution is -0.143. The average Bonchev–Trinajstić information content (AvgIpc) is 2.74. The quantitative estimate of drug-likeness (QED) is 0.847. The highest BCUT2D eigenvalue weighted by molar-refractivity contribution is 5.73. The molecule has 0 aromatic carbocycles. The van der Waals surface area contributed by atoms with Crippen molar-refractivity contribution in [3.8, 4) is 5.88 Å². The van der Waals surface area contributed by atoms with E-state index in [0.29, 0.717) is 31.4 Å². The number of aromatic nitrogens is 2. The van der Waals surface area contributed by atoms with Gasteiger partial charge in [-0.2, -0.15) is 4.98 Å². The maximum atomic E-state index is 11.3. The van der Waals surface area contributed by atoms with Crippen molar-refractivity contribution in [1.29, 1.82) is 0 Å². The van der Waals surface area contributed by atoms with Crippen LogP contribution in [-0.4, -0.2) is 64.8 Å². The molecule has 7 nitrogen and oxygen atoms in total. The van der Waals surface area contributed by atoms with Crippen molar-refractivity contribution < 1.29 is 14.6 Å². The summed E-state index contributed by atoms with van der Waals surface area (Å²) in [5.74, 6) is 0.479. The molecule has 1 aromatic rings. The first-order chi connectivity index (χ1) is 10.7. The summed E-state index contributed by atoms with van der Waals surface area (Å²) in [6.45, 7) is 7.43. The summed E-state index contributed by atoms with van der Waals surface area (Å²) >= 11 is 0. The average molecular weight is 308 g/mol. The Morgan fingerprint density at radius 3 is 2.86 bits per heavy atom. The fraction of sp³-hybridized carbons (Fsp3) is 0.667. The molecule has 0 saturated carbocycles. The van der Waals surface area contributed by atoms with Gasteiger partial charge < -0.3 is 14.7 Å². The van der Waals surface area contributed by atoms with Gasteiger partial charge >= 0.3 is 5.97 Å². The van der Waals surface area contributed by atoms with Gasteiger partial charge in [0.2, 0.25) is 11.8 Å². The van der Waals surface area contributed by atoms with E-state index in [1.54, 1.807) is 12.3 Å². The van der Waals surface area contributed by atoms with E-state index in [2.05, 4.69) is 14.9 Å². The van der Waals surface area contributed by atoms with E-state index >= 15 is 0 Å². The van der Waals surface area contributed by atoms with Crippen LogP contribution >= 0.6 is 0 Å². The number of ether oxygens (including phenoxy) is 1. The summed E-state index contributed by atoms with van der Waals surface area (Å²) < 4.78 is 5.41. The minimum atomic E-state index is -0.745. The Balaban J connectivity index is 2.03. The highest BCUT2D eigenvalue weighted by Gasteiger charge is 2.26. The lowest BCUT2D eigenvalue weighted by Crippen LogP contribution is -2.43. The molecule has 0 bridgehead atoms. The Bertz CT molecular complexity index is 497. The van der Waals surface area contributed by atoms with E-state index in [1.165, 1.54) is 0 Å². The smallest absolute Gasteiger partial charge is 0.320 e. The number of carboxylic acids is 1. The molecule has 0 unspecified atom stereocenters. The third kappa shape index (κ3) is 4.07. The van der Waals surface area contributed by atoms with Crippen LogP contribution in [0.5, 0.6) is 5.88 Å². The molecular weight excluding hydrogens is 284 g/mol. The third-order valence-electron chi connectivity index (χ3n) is 3.84. The fourth-order valence-electron chi connectivity index (χ4n) is 2.75. The Kier molecular flexibility index (Phi) is 5.94. The van der Waals surface area contributed by atoms with E-state index in [0.717, 1.165) is 26.1 Å². The Morgan fingerprint density at radius 1 is 1.36 bits per heavy atom. The first-order valence-corrected chi connectivity index (χ1v) is 7.83. The van der Waals surface area contributed by atoms with E-state index in [1.807, 2.05) is 18.7 Å². The molecule has 7 heteroatoms. The van der Waals surface area contributed by atoms with Crippen LogP contribution in [0.15, 0.2) is 12.3 Å². The van der Waals surface area contributed by atoms with Crippen LogP contribution in [0.4, 0.5) is 5.95 Å². The number of rotatable bonds is 6. The van der Waals surface area contributed by atoms with E-state index in [-0.39, 0.29) is 0 Å². The summed E-state index contributed by atoms with van der Waals surface area (Å²) in [4.78, 5) is 24.2. The third-order valence-corrected chi connectivity index (χ3v) is 3.84. The summed E-state index contributed by atoms with van der Waals surface area (Å²) in [6.07, 6.45) is 3.21. The van der Waals surface area contributed by atoms with E-state index in [4.69, 9.17) is 4.74 Å². The first-order valence-electron chi connectivity index (χ1n) is 7.83. The largest absolute Gasteiger partial charge is 0.480 e. The zero-order valence-corrected chi connectivity index (χ0v) is 13.2. The molecule has 0 spiro atoms. The molecule has 1 fully saturated rings. The standard InChI is InChI=1S/C15H24N4O3/c1-3-12(14(20)21)18-8-5-9-19(11-10-18)15-16-7-6-13(17-15)22-4-2/h6-7,12H,3-5,8-11H2,1-2H3,(H,20,21)/t12-/m0/s1. The molecule has 1 aromatic heterocycles. The van der Waals surface area contributed by atoms with Gasteiger partial charge in [-0.25, -0.2) is 4.98 Å². The maximum absolute atomic E-state index is 11.3. The van der Waals surface area contributed by atoms with Gasteiger partial charge in [-0.1, -0.05) is 6.92 Å². The van der Waals surface area contributed by atoms with Crippen LogP contribution < -0.4 is 9.64 Å². The highest BCUT2D eigenvalue weighted by atomic mass is 16.5. The zero-order chi connectivity index (χ0) is 15.9. The van der Waals surface area contributed by atoms with Crippen molar-refractivity contribution in [3.05, 3.63) is 12.3 Å². The van der Waals surface area contributed by atoms with Crippen LogP contribution in [0.25, 0.3) is 0 Å². The van der Waals surface area contributed by atoms with Crippen molar-refractivity contribution in [2.24, 2.45) is 0 Å². The number of carboxylic acid groups (broad SMARTS) is 1. The normalized spacial score (nSPS) is 17.8. The van der Waals surface area contributed by atoms with E-state index in [9.17, 15) is 9.90 Å². The maximum Gasteiger partial charge on any atom is 0.320 e. The molecule has 0 radical (unpaired) electrons. The molecule has 1 saturated heterocycles. The van der Waals surface area contributed by atoms with Gasteiger partial charge in [0.25, 0.3) is 0 Å². The predicted molar refractivity (Wildman–Crippen MR) is 83.3 cm³/mol. The highest BCUT2D eigenvalue weighted by Crippen LogP contribution is 2.16. The minimum Gasteiger partial charge on any atom is -0.480 e. The second-order valence-electron chi connectivity index (χ2n) is 5.27. The van der Waals surface area contributed by atoms with Crippen LogP contribution in [0.1, 0.15) is 26.7 Å². The Morgan fingerprint density at radius 2 is 2.18 bits per heavy atom. The van der Waals surface area contributed by atoms with Crippen molar-refractivity contribution in [2.75, 3.05) is 37.7 Å². The Hall–Kier alpha value is -1.89. The molecule has 0 aliphatic carbocycles. The number of nitrogens with zero attached hydrogens (tertiary/aromatic N) is 4. The van der Waals surface area contributed by atoms with E-state index < -0.39 is 12.0 Å². The van der Waals surface area contributed by atoms with Crippen LogP contribution in [0.3, 0.4) is 0 Å². The van der Waals surface area contributed by atoms with Gasteiger partial charge in [-0.05, 0) is 19.8 Å². The molecular formula is C15H24N4O3. The van der Waals surface area contributed by atoms with Gasteiger partial charge in [0.05, 0.1) is 6.61 Å². The van der Waals surface area contributed by atoms with Gasteiger partial charge in [-0.3, -0.25) is 9.69 Å². The van der Waals surface area contributed by atoms with Crippen molar-refractivity contribution >= 4 is 11.9 Å². The molecule has 1 atom stereocenters. The number of anilines is 1. The van der Waals surface area contributed by atoms with Crippen LogP contribution in [-0.2, 0) is 4.79 Å². The number of aliphatic carboxylic acids is 1. The minimum absolute atomic E-state index is 0.407. The van der Waals surface area contributed by atoms with Gasteiger partial charge in [-0.15, -0.1) is 0 Å². The summed E-state index contributed by atoms with van der Waals surface area (Å²) in [5, 5.41) is 9.30. The van der Waals surface area contributed by atoms with Crippen molar-refractivity contribution in [2.45, 2.75) is 32.7 Å². The molecule has 2 heterocycles. The topological polar surface area (TPSA) is 78.8 Å². The fourth-order valence-corrected chi connectivity index (χ4v) is 2.75. The van der Waals surface area contributed by atoms with Gasteiger partial charge in [0.1, 0.15) is 6.04 Å². The van der Waals surface area contributed by atoms with Crippen LogP contribution in [0.2, 0.25) is 0 Å². The second-order valence-corrected chi connectivity index (χ2v) is 5.27. The number of carbonyl (C=O) groups is 1. The predicted octanol–water partition coefficient (Wildman–Crippen LogP) is 1.25. The molecule has 1 aliphatic rings. The molecule has 122 valence electrons. The second kappa shape index (κ2) is 7.93. The molecule has 0 amide bonds. The summed E-state index contributed by atoms with van der Waals surface area (Å²) in [5.41, 5.74) is 0. The number of hydrogen-bond acceptors (Lipinski definition) is 6. The lowest BCUT2D eigenvalue weighted by Gasteiger charge is -2.26. The number of hydrogen-bond donors (Lipinski definition) is 1. The molecule has 1 aliphatic heterocycles. The van der Waals surface area contributed by atoms with Gasteiger partial charge in [0, 0.05) is 38.4 Å². The monoisotopic (exact) mass is 308 g/mol. The van der Waals surface area contributed by atoms with Crippen molar-refractivity contribution in [3.63, 3.8) is 0 Å². The van der Waals surface area contributed by atoms with Crippen molar-refractivity contribution in [1.82, 2.24) is 14.9 Å². The van der Waals surface area contributed by atoms with Crippen LogP contribution in [0, 0.1) is 0 Å². The SMILES string of the molecule is CCOc1ccnc(N2CCCN([C@@H](CC)C(=O)O)CC2)n1. The zero-order valence-electron chi connectivity index (χ0n) is 13.2. The first kappa shape index (κ1) is 16.5. The lowest BCUT2D eigenvalue weighted by atomic mass is 10.2. The Labute approximate surface area is 130 Å². The summed E-state index contributed by atoms with van der Waals surface area (Å²) in [7, 11) is 0. The van der Waals surface area contributed by atoms with Gasteiger partial charge in [0.15, 0.2) is 0 Å². The summed E-state index contributed by atoms with van der Waals surface area (Å²) in [6, 6.07) is 1.34. The molecule has 1 N–H and O–H groups in total. The molecule has 2 rings (SSSR count). The molecule has 22 heavy (non-hydrogen) atoms.